The number of aromatic nitrogens is 1. The Morgan fingerprint density at radius 3 is 2.76 bits per heavy atom. The molecule has 1 heterocycles. The van der Waals surface area contributed by atoms with Gasteiger partial charge in [-0.15, -0.1) is 0 Å². The van der Waals surface area contributed by atoms with Crippen molar-refractivity contribution < 1.29 is 9.63 Å². The Labute approximate surface area is 131 Å². The molecule has 6 nitrogen and oxygen atoms in total. The summed E-state index contributed by atoms with van der Waals surface area (Å²) in [6, 6.07) is 5.63. The molecule has 2 aromatic rings. The molecule has 1 aromatic carbocycles. The van der Waals surface area contributed by atoms with E-state index >= 15 is 0 Å². The molecule has 2 rings (SSSR count). The average Bonchev–Trinajstić information content (AvgIpc) is 2.40. The molecule has 0 amide bonds. The van der Waals surface area contributed by atoms with E-state index in [4.69, 9.17) is 10.6 Å². The molecule has 0 fully saturated rings. The number of fused-ring (bicyclic) bond motifs is 1. The minimum atomic E-state index is -0.592. The molecule has 0 unspecified atom stereocenters. The Kier molecular flexibility index (Phi) is 4.34. The fraction of sp³-hybridized carbons (Fsp3) is 0.286. The molecule has 0 radical (unpaired) electrons. The summed E-state index contributed by atoms with van der Waals surface area (Å²) in [6.07, 6.45) is 1.55. The number of carbonyl (C=O) groups excluding carboxylic acids is 1. The first-order valence-corrected chi connectivity index (χ1v) is 7.14. The number of hydrazine groups is 1. The summed E-state index contributed by atoms with van der Waals surface area (Å²) in [5.74, 6) is -0.380. The number of nitrogens with zero attached hydrogens (tertiary/aromatic N) is 1. The number of anilines is 2. The van der Waals surface area contributed by atoms with Crippen LogP contribution in [0.2, 0.25) is 0 Å². The number of rotatable bonds is 3. The van der Waals surface area contributed by atoms with Crippen molar-refractivity contribution in [3.05, 3.63) is 28.9 Å². The fourth-order valence-electron chi connectivity index (χ4n) is 1.60. The van der Waals surface area contributed by atoms with E-state index < -0.39 is 5.41 Å². The normalized spacial score (nSPS) is 11.4. The summed E-state index contributed by atoms with van der Waals surface area (Å²) in [5, 5.41) is 0.817. The van der Waals surface area contributed by atoms with E-state index in [2.05, 4.69) is 31.9 Å². The minimum Gasteiger partial charge on any atom is -0.396 e. The lowest BCUT2D eigenvalue weighted by atomic mass is 9.98. The number of halogens is 1. The first-order valence-electron chi connectivity index (χ1n) is 6.35. The Balaban J connectivity index is 2.18. The number of hydrogen-bond acceptors (Lipinski definition) is 6. The van der Waals surface area contributed by atoms with E-state index in [0.29, 0.717) is 11.4 Å². The monoisotopic (exact) mass is 352 g/mol. The van der Waals surface area contributed by atoms with E-state index in [1.54, 1.807) is 27.0 Å². The molecule has 0 aliphatic rings. The minimum absolute atomic E-state index is 0.380. The van der Waals surface area contributed by atoms with Crippen LogP contribution in [0.3, 0.4) is 0 Å². The lowest BCUT2D eigenvalue weighted by Crippen LogP contribution is -2.32. The standard InChI is InChI=1S/C14H17BrN4O2/c1-14(2,3)13(20)21-19-18-12-9-5-4-8(15)6-11(9)17-7-10(12)16/h4-7,19H,16H2,1-3H3,(H,17,18). The first-order chi connectivity index (χ1) is 9.79. The maximum atomic E-state index is 11.7. The van der Waals surface area contributed by atoms with Gasteiger partial charge in [-0.05, 0) is 39.0 Å². The topological polar surface area (TPSA) is 89.3 Å². The van der Waals surface area contributed by atoms with Crippen LogP contribution in [0.4, 0.5) is 11.4 Å². The molecule has 7 heteroatoms. The van der Waals surface area contributed by atoms with Crippen LogP contribution < -0.4 is 16.7 Å². The molecular weight excluding hydrogens is 336 g/mol. The summed E-state index contributed by atoms with van der Waals surface area (Å²) >= 11 is 3.39. The molecular formula is C14H17BrN4O2. The smallest absolute Gasteiger partial charge is 0.332 e. The van der Waals surface area contributed by atoms with Crippen LogP contribution in [0, 0.1) is 5.41 Å². The van der Waals surface area contributed by atoms with E-state index in [1.165, 1.54) is 0 Å². The zero-order valence-corrected chi connectivity index (χ0v) is 13.6. The van der Waals surface area contributed by atoms with Crippen molar-refractivity contribution in [3.63, 3.8) is 0 Å². The second-order valence-corrected chi connectivity index (χ2v) is 6.53. The first kappa shape index (κ1) is 15.5. The zero-order valence-electron chi connectivity index (χ0n) is 12.0. The predicted octanol–water partition coefficient (Wildman–Crippen LogP) is 3.00. The number of pyridine rings is 1. The van der Waals surface area contributed by atoms with Crippen molar-refractivity contribution in [2.75, 3.05) is 11.2 Å². The van der Waals surface area contributed by atoms with Crippen molar-refractivity contribution >= 4 is 44.2 Å². The van der Waals surface area contributed by atoms with Crippen LogP contribution in [0.25, 0.3) is 10.9 Å². The number of nitrogens with one attached hydrogen (secondary N) is 2. The van der Waals surface area contributed by atoms with Gasteiger partial charge in [0.05, 0.1) is 28.5 Å². The largest absolute Gasteiger partial charge is 0.396 e. The van der Waals surface area contributed by atoms with Crippen LogP contribution in [0.1, 0.15) is 20.8 Å². The maximum Gasteiger partial charge on any atom is 0.332 e. The fourth-order valence-corrected chi connectivity index (χ4v) is 1.95. The molecule has 0 aliphatic carbocycles. The van der Waals surface area contributed by atoms with Gasteiger partial charge in [-0.2, -0.15) is 0 Å². The molecule has 21 heavy (non-hydrogen) atoms. The number of hydrogen-bond donors (Lipinski definition) is 3. The molecule has 0 aliphatic heterocycles. The Hall–Kier alpha value is -1.86. The van der Waals surface area contributed by atoms with Gasteiger partial charge in [0.1, 0.15) is 0 Å². The quantitative estimate of drug-likeness (QED) is 0.735. The van der Waals surface area contributed by atoms with Crippen LogP contribution >= 0.6 is 15.9 Å². The van der Waals surface area contributed by atoms with Gasteiger partial charge in [0.2, 0.25) is 0 Å². The SMILES string of the molecule is CC(C)(C)C(=O)ONNc1c(N)cnc2cc(Br)ccc12. The van der Waals surface area contributed by atoms with Gasteiger partial charge in [-0.25, -0.2) is 4.79 Å². The van der Waals surface area contributed by atoms with Crippen molar-refractivity contribution in [1.29, 1.82) is 0 Å². The van der Waals surface area contributed by atoms with Crippen molar-refractivity contribution in [2.24, 2.45) is 5.41 Å². The lowest BCUT2D eigenvalue weighted by Gasteiger charge is -2.18. The van der Waals surface area contributed by atoms with Crippen molar-refractivity contribution in [3.8, 4) is 0 Å². The average molecular weight is 353 g/mol. The summed E-state index contributed by atoms with van der Waals surface area (Å²) in [6.45, 7) is 5.31. The summed E-state index contributed by atoms with van der Waals surface area (Å²) in [4.78, 5) is 20.9. The van der Waals surface area contributed by atoms with Gasteiger partial charge < -0.3 is 10.6 Å². The Bertz CT molecular complexity index is 682. The van der Waals surface area contributed by atoms with Gasteiger partial charge in [0.15, 0.2) is 0 Å². The second kappa shape index (κ2) is 5.87. The Morgan fingerprint density at radius 2 is 2.10 bits per heavy atom. The molecule has 112 valence electrons. The lowest BCUT2D eigenvalue weighted by molar-refractivity contribution is -0.159. The molecule has 0 bridgehead atoms. The maximum absolute atomic E-state index is 11.7. The molecule has 0 saturated carbocycles. The van der Waals surface area contributed by atoms with E-state index in [-0.39, 0.29) is 5.97 Å². The highest BCUT2D eigenvalue weighted by atomic mass is 79.9. The number of nitrogens with two attached hydrogens (primary N) is 1. The summed E-state index contributed by atoms with van der Waals surface area (Å²) < 4.78 is 0.922. The van der Waals surface area contributed by atoms with Gasteiger partial charge in [0.25, 0.3) is 0 Å². The number of benzene rings is 1. The van der Waals surface area contributed by atoms with Gasteiger partial charge in [-0.1, -0.05) is 21.5 Å². The molecule has 0 saturated heterocycles. The van der Waals surface area contributed by atoms with Crippen LogP contribution in [0.5, 0.6) is 0 Å². The summed E-state index contributed by atoms with van der Waals surface area (Å²) in [7, 11) is 0. The van der Waals surface area contributed by atoms with Crippen LogP contribution in [-0.2, 0) is 9.63 Å². The molecule has 4 N–H and O–H groups in total. The van der Waals surface area contributed by atoms with Gasteiger partial charge >= 0.3 is 5.97 Å². The van der Waals surface area contributed by atoms with Crippen molar-refractivity contribution in [1.82, 2.24) is 10.6 Å². The molecule has 1 aromatic heterocycles. The van der Waals surface area contributed by atoms with Gasteiger partial charge in [-0.3, -0.25) is 10.4 Å². The van der Waals surface area contributed by atoms with E-state index in [9.17, 15) is 4.79 Å². The van der Waals surface area contributed by atoms with Crippen molar-refractivity contribution in [2.45, 2.75) is 20.8 Å². The van der Waals surface area contributed by atoms with Gasteiger partial charge in [0, 0.05) is 9.86 Å². The molecule has 0 atom stereocenters. The number of nitrogen functional groups attached to an aromatic ring is 1. The van der Waals surface area contributed by atoms with Crippen LogP contribution in [-0.4, -0.2) is 11.0 Å². The third-order valence-electron chi connectivity index (χ3n) is 2.79. The third-order valence-corrected chi connectivity index (χ3v) is 3.29. The predicted molar refractivity (Wildman–Crippen MR) is 86.2 cm³/mol. The highest BCUT2D eigenvalue weighted by Gasteiger charge is 2.23. The highest BCUT2D eigenvalue weighted by Crippen LogP contribution is 2.29. The second-order valence-electron chi connectivity index (χ2n) is 5.62. The summed E-state index contributed by atoms with van der Waals surface area (Å²) in [5.41, 5.74) is 12.4. The van der Waals surface area contributed by atoms with Crippen LogP contribution in [0.15, 0.2) is 28.9 Å². The molecule has 0 spiro atoms. The Morgan fingerprint density at radius 1 is 1.38 bits per heavy atom. The van der Waals surface area contributed by atoms with E-state index in [1.807, 2.05) is 18.2 Å². The number of carbonyl (C=O) groups is 1. The van der Waals surface area contributed by atoms with E-state index in [0.717, 1.165) is 15.4 Å². The zero-order chi connectivity index (χ0) is 15.6. The highest BCUT2D eigenvalue weighted by molar-refractivity contribution is 9.10. The third kappa shape index (κ3) is 3.62.